The van der Waals surface area contributed by atoms with E-state index in [1.165, 1.54) is 16.7 Å². The molecule has 0 saturated carbocycles. The third-order valence-electron chi connectivity index (χ3n) is 4.69. The standard InChI is InChI=1S/C21H22N4O/c1-26-19-8-6-16(7-9-19)14-23-20-10-12-22-21(24-20)25-13-11-17-4-2-3-5-18(17)15-25/h2-10,12H,11,13-15H2,1H3,(H,22,23,24). The third kappa shape index (κ3) is 3.61. The van der Waals surface area contributed by atoms with E-state index in [1.54, 1.807) is 7.11 Å². The van der Waals surface area contributed by atoms with Crippen molar-refractivity contribution in [2.45, 2.75) is 19.5 Å². The average Bonchev–Trinajstić information content (AvgIpc) is 2.72. The van der Waals surface area contributed by atoms with Crippen molar-refractivity contribution in [3.05, 3.63) is 77.5 Å². The molecule has 0 bridgehead atoms. The number of hydrogen-bond acceptors (Lipinski definition) is 5. The number of rotatable bonds is 5. The smallest absolute Gasteiger partial charge is 0.227 e. The second kappa shape index (κ2) is 7.44. The summed E-state index contributed by atoms with van der Waals surface area (Å²) in [6.07, 6.45) is 2.85. The van der Waals surface area contributed by atoms with Crippen molar-refractivity contribution in [3.8, 4) is 5.75 Å². The molecule has 2 aromatic carbocycles. The Morgan fingerprint density at radius 2 is 1.85 bits per heavy atom. The van der Waals surface area contributed by atoms with Crippen molar-refractivity contribution in [2.75, 3.05) is 23.9 Å². The minimum absolute atomic E-state index is 0.712. The third-order valence-corrected chi connectivity index (χ3v) is 4.69. The molecule has 5 heteroatoms. The molecular weight excluding hydrogens is 324 g/mol. The monoisotopic (exact) mass is 346 g/mol. The van der Waals surface area contributed by atoms with Crippen LogP contribution in [0.1, 0.15) is 16.7 Å². The molecule has 132 valence electrons. The van der Waals surface area contributed by atoms with Crippen LogP contribution in [0.25, 0.3) is 0 Å². The number of methoxy groups -OCH3 is 1. The minimum Gasteiger partial charge on any atom is -0.497 e. The van der Waals surface area contributed by atoms with E-state index in [0.29, 0.717) is 6.54 Å². The van der Waals surface area contributed by atoms with E-state index >= 15 is 0 Å². The predicted molar refractivity (Wildman–Crippen MR) is 104 cm³/mol. The lowest BCUT2D eigenvalue weighted by atomic mass is 10.0. The van der Waals surface area contributed by atoms with Gasteiger partial charge in [0.25, 0.3) is 0 Å². The maximum Gasteiger partial charge on any atom is 0.227 e. The average molecular weight is 346 g/mol. The highest BCUT2D eigenvalue weighted by atomic mass is 16.5. The Morgan fingerprint density at radius 1 is 1.04 bits per heavy atom. The number of nitrogens with zero attached hydrogens (tertiary/aromatic N) is 3. The maximum absolute atomic E-state index is 5.19. The van der Waals surface area contributed by atoms with Gasteiger partial charge in [-0.1, -0.05) is 36.4 Å². The summed E-state index contributed by atoms with van der Waals surface area (Å²) in [6.45, 7) is 2.51. The Bertz CT molecular complexity index is 879. The number of benzene rings is 2. The number of fused-ring (bicyclic) bond motifs is 1. The van der Waals surface area contributed by atoms with Gasteiger partial charge in [0, 0.05) is 25.8 Å². The van der Waals surface area contributed by atoms with Crippen molar-refractivity contribution >= 4 is 11.8 Å². The van der Waals surface area contributed by atoms with Crippen molar-refractivity contribution in [1.82, 2.24) is 9.97 Å². The lowest BCUT2D eigenvalue weighted by Crippen LogP contribution is -2.31. The van der Waals surface area contributed by atoms with E-state index in [1.807, 2.05) is 24.4 Å². The summed E-state index contributed by atoms with van der Waals surface area (Å²) >= 11 is 0. The molecule has 1 N–H and O–H groups in total. The molecule has 5 nitrogen and oxygen atoms in total. The summed E-state index contributed by atoms with van der Waals surface area (Å²) in [7, 11) is 1.68. The van der Waals surface area contributed by atoms with Crippen molar-refractivity contribution in [1.29, 1.82) is 0 Å². The van der Waals surface area contributed by atoms with Crippen LogP contribution in [0.15, 0.2) is 60.8 Å². The molecule has 0 spiro atoms. The predicted octanol–water partition coefficient (Wildman–Crippen LogP) is 3.66. The van der Waals surface area contributed by atoms with Gasteiger partial charge in [0.2, 0.25) is 5.95 Å². The molecule has 3 aromatic rings. The summed E-state index contributed by atoms with van der Waals surface area (Å²) in [4.78, 5) is 11.4. The zero-order chi connectivity index (χ0) is 17.8. The molecule has 0 atom stereocenters. The highest BCUT2D eigenvalue weighted by Gasteiger charge is 2.18. The van der Waals surface area contributed by atoms with Crippen LogP contribution >= 0.6 is 0 Å². The van der Waals surface area contributed by atoms with Crippen LogP contribution in [-0.4, -0.2) is 23.6 Å². The first-order valence-corrected chi connectivity index (χ1v) is 8.83. The molecule has 0 fully saturated rings. The van der Waals surface area contributed by atoms with Crippen LogP contribution in [0.5, 0.6) is 5.75 Å². The molecule has 0 amide bonds. The summed E-state index contributed by atoms with van der Waals surface area (Å²) in [6, 6.07) is 18.5. The van der Waals surface area contributed by atoms with Crippen LogP contribution in [-0.2, 0) is 19.5 Å². The SMILES string of the molecule is COc1ccc(CNc2ccnc(N3CCc4ccccc4C3)n2)cc1. The Hall–Kier alpha value is -3.08. The number of hydrogen-bond donors (Lipinski definition) is 1. The van der Waals surface area contributed by atoms with Gasteiger partial charge in [-0.3, -0.25) is 0 Å². The molecule has 1 aliphatic heterocycles. The van der Waals surface area contributed by atoms with E-state index < -0.39 is 0 Å². The van der Waals surface area contributed by atoms with Gasteiger partial charge in [-0.05, 0) is 41.3 Å². The van der Waals surface area contributed by atoms with Crippen molar-refractivity contribution in [2.24, 2.45) is 0 Å². The van der Waals surface area contributed by atoms with Gasteiger partial charge < -0.3 is 15.0 Å². The summed E-state index contributed by atoms with van der Waals surface area (Å²) in [5.74, 6) is 2.48. The molecule has 0 unspecified atom stereocenters. The molecule has 1 aromatic heterocycles. The first-order valence-electron chi connectivity index (χ1n) is 8.83. The zero-order valence-electron chi connectivity index (χ0n) is 14.9. The highest BCUT2D eigenvalue weighted by molar-refractivity contribution is 5.45. The topological polar surface area (TPSA) is 50.3 Å². The number of anilines is 2. The lowest BCUT2D eigenvalue weighted by molar-refractivity contribution is 0.414. The van der Waals surface area contributed by atoms with Gasteiger partial charge >= 0.3 is 0 Å². The number of nitrogens with one attached hydrogen (secondary N) is 1. The van der Waals surface area contributed by atoms with Gasteiger partial charge in [0.15, 0.2) is 0 Å². The summed E-state index contributed by atoms with van der Waals surface area (Å²) in [5.41, 5.74) is 3.97. The quantitative estimate of drug-likeness (QED) is 0.764. The van der Waals surface area contributed by atoms with E-state index in [9.17, 15) is 0 Å². The van der Waals surface area contributed by atoms with Crippen LogP contribution in [0.3, 0.4) is 0 Å². The molecule has 2 heterocycles. The molecule has 0 aliphatic carbocycles. The first-order chi connectivity index (χ1) is 12.8. The minimum atomic E-state index is 0.712. The molecule has 1 aliphatic rings. The van der Waals surface area contributed by atoms with Crippen LogP contribution < -0.4 is 15.0 Å². The molecule has 0 radical (unpaired) electrons. The van der Waals surface area contributed by atoms with Gasteiger partial charge in [-0.25, -0.2) is 4.98 Å². The van der Waals surface area contributed by atoms with Crippen LogP contribution in [0.4, 0.5) is 11.8 Å². The van der Waals surface area contributed by atoms with Crippen LogP contribution in [0, 0.1) is 0 Å². The fourth-order valence-electron chi connectivity index (χ4n) is 3.20. The van der Waals surface area contributed by atoms with E-state index in [2.05, 4.69) is 51.6 Å². The molecule has 26 heavy (non-hydrogen) atoms. The second-order valence-electron chi connectivity index (χ2n) is 6.38. The van der Waals surface area contributed by atoms with Gasteiger partial charge in [0.1, 0.15) is 11.6 Å². The Kier molecular flexibility index (Phi) is 4.69. The summed E-state index contributed by atoms with van der Waals surface area (Å²) < 4.78 is 5.19. The van der Waals surface area contributed by atoms with Gasteiger partial charge in [0.05, 0.1) is 7.11 Å². The number of ether oxygens (including phenoxy) is 1. The van der Waals surface area contributed by atoms with E-state index in [-0.39, 0.29) is 0 Å². The molecule has 0 saturated heterocycles. The van der Waals surface area contributed by atoms with Gasteiger partial charge in [-0.2, -0.15) is 4.98 Å². The van der Waals surface area contributed by atoms with Crippen molar-refractivity contribution < 1.29 is 4.74 Å². The lowest BCUT2D eigenvalue weighted by Gasteiger charge is -2.28. The maximum atomic E-state index is 5.19. The number of aromatic nitrogens is 2. The Labute approximate surface area is 153 Å². The van der Waals surface area contributed by atoms with Crippen molar-refractivity contribution in [3.63, 3.8) is 0 Å². The van der Waals surface area contributed by atoms with Crippen LogP contribution in [0.2, 0.25) is 0 Å². The van der Waals surface area contributed by atoms with Gasteiger partial charge in [-0.15, -0.1) is 0 Å². The fraction of sp³-hybridized carbons (Fsp3) is 0.238. The second-order valence-corrected chi connectivity index (χ2v) is 6.38. The largest absolute Gasteiger partial charge is 0.497 e. The highest BCUT2D eigenvalue weighted by Crippen LogP contribution is 2.22. The Balaban J connectivity index is 1.43. The van der Waals surface area contributed by atoms with E-state index in [0.717, 1.165) is 37.0 Å². The first kappa shape index (κ1) is 16.4. The zero-order valence-corrected chi connectivity index (χ0v) is 14.9. The summed E-state index contributed by atoms with van der Waals surface area (Å²) in [5, 5.41) is 3.38. The Morgan fingerprint density at radius 3 is 2.65 bits per heavy atom. The normalized spacial score (nSPS) is 13.2. The van der Waals surface area contributed by atoms with E-state index in [4.69, 9.17) is 9.72 Å². The molecular formula is C21H22N4O. The fourth-order valence-corrected chi connectivity index (χ4v) is 3.20. The molecule has 4 rings (SSSR count).